The van der Waals surface area contributed by atoms with Crippen molar-refractivity contribution in [3.63, 3.8) is 0 Å². The molecule has 0 aliphatic heterocycles. The Labute approximate surface area is 151 Å². The number of aromatic hydroxyl groups is 2. The predicted octanol–water partition coefficient (Wildman–Crippen LogP) is 4.61. The van der Waals surface area contributed by atoms with Gasteiger partial charge in [-0.1, -0.05) is 30.3 Å². The first-order valence-corrected chi connectivity index (χ1v) is 8.00. The van der Waals surface area contributed by atoms with Gasteiger partial charge in [-0.3, -0.25) is 9.98 Å². The molecule has 0 amide bonds. The molecule has 0 unspecified atom stereocenters. The van der Waals surface area contributed by atoms with Gasteiger partial charge in [-0.25, -0.2) is 0 Å². The average Bonchev–Trinajstić information content (AvgIpc) is 2.67. The standard InChI is InChI=1S/C21H18N2O3/c1-26-20-12-6-8-16(21(20)25)14-23-18-10-4-3-9-17(18)22-13-15-7-2-5-11-19(15)24/h2-14,24-25H,1H3. The fraction of sp³-hybridized carbons (Fsp3) is 0.0476. The zero-order chi connectivity index (χ0) is 18.4. The quantitative estimate of drug-likeness (QED) is 0.663. The van der Waals surface area contributed by atoms with Crippen molar-refractivity contribution in [2.75, 3.05) is 7.11 Å². The topological polar surface area (TPSA) is 74.4 Å². The molecule has 3 rings (SSSR count). The zero-order valence-electron chi connectivity index (χ0n) is 14.2. The molecule has 0 saturated heterocycles. The number of rotatable bonds is 5. The van der Waals surface area contributed by atoms with Crippen molar-refractivity contribution in [1.29, 1.82) is 0 Å². The molecule has 2 N–H and O–H groups in total. The van der Waals surface area contributed by atoms with E-state index in [2.05, 4.69) is 9.98 Å². The number of methoxy groups -OCH3 is 1. The second-order valence-corrected chi connectivity index (χ2v) is 5.46. The van der Waals surface area contributed by atoms with E-state index in [1.165, 1.54) is 7.11 Å². The number of benzene rings is 3. The minimum absolute atomic E-state index is 0.0361. The molecule has 0 radical (unpaired) electrons. The van der Waals surface area contributed by atoms with Crippen LogP contribution in [0.1, 0.15) is 11.1 Å². The lowest BCUT2D eigenvalue weighted by molar-refractivity contribution is 0.373. The van der Waals surface area contributed by atoms with Crippen molar-refractivity contribution in [1.82, 2.24) is 0 Å². The Bertz CT molecular complexity index is 965. The molecule has 0 aromatic heterocycles. The van der Waals surface area contributed by atoms with Crippen molar-refractivity contribution < 1.29 is 14.9 Å². The number of phenolic OH excluding ortho intramolecular Hbond substituents is 2. The van der Waals surface area contributed by atoms with E-state index in [4.69, 9.17) is 4.74 Å². The zero-order valence-corrected chi connectivity index (χ0v) is 14.2. The van der Waals surface area contributed by atoms with Crippen molar-refractivity contribution in [3.8, 4) is 17.2 Å². The van der Waals surface area contributed by atoms with E-state index in [0.717, 1.165) is 0 Å². The Kier molecular flexibility index (Phi) is 5.29. The van der Waals surface area contributed by atoms with E-state index in [9.17, 15) is 10.2 Å². The van der Waals surface area contributed by atoms with Crippen LogP contribution in [0.25, 0.3) is 0 Å². The number of ether oxygens (including phenoxy) is 1. The largest absolute Gasteiger partial charge is 0.507 e. The normalized spacial score (nSPS) is 11.3. The number of hydrogen-bond acceptors (Lipinski definition) is 5. The average molecular weight is 346 g/mol. The number of para-hydroxylation sites is 4. The monoisotopic (exact) mass is 346 g/mol. The Hall–Kier alpha value is -3.60. The highest BCUT2D eigenvalue weighted by Crippen LogP contribution is 2.31. The van der Waals surface area contributed by atoms with Crippen LogP contribution in [0, 0.1) is 0 Å². The summed E-state index contributed by atoms with van der Waals surface area (Å²) in [5.41, 5.74) is 2.45. The summed E-state index contributed by atoms with van der Waals surface area (Å²) >= 11 is 0. The first-order valence-electron chi connectivity index (χ1n) is 8.00. The van der Waals surface area contributed by atoms with Gasteiger partial charge in [0.05, 0.1) is 18.5 Å². The molecule has 130 valence electrons. The summed E-state index contributed by atoms with van der Waals surface area (Å²) in [6.45, 7) is 0. The van der Waals surface area contributed by atoms with E-state index in [1.54, 1.807) is 48.8 Å². The van der Waals surface area contributed by atoms with E-state index in [1.807, 2.05) is 30.3 Å². The number of hydrogen-bond donors (Lipinski definition) is 2. The lowest BCUT2D eigenvalue weighted by Gasteiger charge is -2.05. The van der Waals surface area contributed by atoms with Crippen LogP contribution in [-0.2, 0) is 0 Å². The molecule has 0 saturated carbocycles. The van der Waals surface area contributed by atoms with Crippen LogP contribution in [0.4, 0.5) is 11.4 Å². The maximum Gasteiger partial charge on any atom is 0.166 e. The summed E-state index contributed by atoms with van der Waals surface area (Å²) in [5, 5.41) is 20.0. The van der Waals surface area contributed by atoms with Gasteiger partial charge in [0.2, 0.25) is 0 Å². The molecule has 0 spiro atoms. The smallest absolute Gasteiger partial charge is 0.166 e. The third kappa shape index (κ3) is 3.89. The van der Waals surface area contributed by atoms with Crippen LogP contribution in [0.15, 0.2) is 76.7 Å². The molecule has 0 bridgehead atoms. The number of phenols is 2. The molecular formula is C21H18N2O3. The molecular weight excluding hydrogens is 328 g/mol. The predicted molar refractivity (Wildman–Crippen MR) is 104 cm³/mol. The minimum atomic E-state index is 0.0361. The van der Waals surface area contributed by atoms with E-state index < -0.39 is 0 Å². The summed E-state index contributed by atoms with van der Waals surface area (Å²) in [5.74, 6) is 0.590. The van der Waals surface area contributed by atoms with Gasteiger partial charge in [-0.15, -0.1) is 0 Å². The molecule has 5 nitrogen and oxygen atoms in total. The van der Waals surface area contributed by atoms with Gasteiger partial charge in [0, 0.05) is 23.6 Å². The fourth-order valence-electron chi connectivity index (χ4n) is 2.37. The van der Waals surface area contributed by atoms with Crippen LogP contribution in [0.3, 0.4) is 0 Å². The molecule has 0 aliphatic carbocycles. The van der Waals surface area contributed by atoms with Crippen molar-refractivity contribution in [3.05, 3.63) is 77.9 Å². The third-order valence-electron chi connectivity index (χ3n) is 3.75. The van der Waals surface area contributed by atoms with E-state index in [-0.39, 0.29) is 11.5 Å². The van der Waals surface area contributed by atoms with Crippen LogP contribution in [0.2, 0.25) is 0 Å². The van der Waals surface area contributed by atoms with Crippen LogP contribution < -0.4 is 4.74 Å². The summed E-state index contributed by atoms with van der Waals surface area (Å²) in [6, 6.07) is 19.5. The summed E-state index contributed by atoms with van der Waals surface area (Å²) in [7, 11) is 1.50. The van der Waals surface area contributed by atoms with Gasteiger partial charge < -0.3 is 14.9 Å². The van der Waals surface area contributed by atoms with Gasteiger partial charge in [-0.05, 0) is 36.4 Å². The lowest BCUT2D eigenvalue weighted by atomic mass is 10.2. The maximum atomic E-state index is 10.1. The van der Waals surface area contributed by atoms with Gasteiger partial charge in [-0.2, -0.15) is 0 Å². The van der Waals surface area contributed by atoms with E-state index >= 15 is 0 Å². The summed E-state index contributed by atoms with van der Waals surface area (Å²) in [6.07, 6.45) is 3.15. The molecule has 26 heavy (non-hydrogen) atoms. The fourth-order valence-corrected chi connectivity index (χ4v) is 2.37. The molecule has 0 heterocycles. The van der Waals surface area contributed by atoms with Crippen molar-refractivity contribution in [2.45, 2.75) is 0 Å². The Balaban J connectivity index is 1.90. The van der Waals surface area contributed by atoms with Gasteiger partial charge in [0.25, 0.3) is 0 Å². The Morgan fingerprint density at radius 1 is 0.731 bits per heavy atom. The SMILES string of the molecule is COc1cccc(C=Nc2ccccc2N=Cc2ccccc2O)c1O. The third-order valence-corrected chi connectivity index (χ3v) is 3.75. The first kappa shape index (κ1) is 17.2. The van der Waals surface area contributed by atoms with Crippen LogP contribution in [-0.4, -0.2) is 29.8 Å². The highest BCUT2D eigenvalue weighted by atomic mass is 16.5. The van der Waals surface area contributed by atoms with E-state index in [0.29, 0.717) is 28.3 Å². The molecule has 0 aliphatic rings. The highest BCUT2D eigenvalue weighted by Gasteiger charge is 2.05. The molecule has 3 aromatic rings. The van der Waals surface area contributed by atoms with Crippen LogP contribution in [0.5, 0.6) is 17.2 Å². The second-order valence-electron chi connectivity index (χ2n) is 5.46. The highest BCUT2D eigenvalue weighted by molar-refractivity contribution is 5.89. The second kappa shape index (κ2) is 7.98. The van der Waals surface area contributed by atoms with Gasteiger partial charge in [0.1, 0.15) is 5.75 Å². The van der Waals surface area contributed by atoms with Crippen molar-refractivity contribution in [2.24, 2.45) is 9.98 Å². The van der Waals surface area contributed by atoms with Gasteiger partial charge in [0.15, 0.2) is 11.5 Å². The maximum absolute atomic E-state index is 10.1. The Morgan fingerprint density at radius 3 is 1.96 bits per heavy atom. The van der Waals surface area contributed by atoms with Crippen LogP contribution >= 0.6 is 0 Å². The molecule has 3 aromatic carbocycles. The lowest BCUT2D eigenvalue weighted by Crippen LogP contribution is -1.88. The Morgan fingerprint density at radius 2 is 1.31 bits per heavy atom. The first-order chi connectivity index (χ1) is 12.7. The van der Waals surface area contributed by atoms with Gasteiger partial charge >= 0.3 is 0 Å². The summed E-state index contributed by atoms with van der Waals surface area (Å²) < 4.78 is 5.10. The molecule has 0 fully saturated rings. The number of nitrogens with zero attached hydrogens (tertiary/aromatic N) is 2. The van der Waals surface area contributed by atoms with Crippen molar-refractivity contribution >= 4 is 23.8 Å². The molecule has 0 atom stereocenters. The number of aliphatic imine (C=N–C) groups is 2. The molecule has 5 heteroatoms. The minimum Gasteiger partial charge on any atom is -0.507 e. The summed E-state index contributed by atoms with van der Waals surface area (Å²) in [4.78, 5) is 8.85.